The smallest absolute Gasteiger partial charge is 0.230 e. The first-order valence-electron chi connectivity index (χ1n) is 10.1. The fraction of sp³-hybridized carbons (Fsp3) is 0.571. The average molecular weight is 404 g/mol. The van der Waals surface area contributed by atoms with Gasteiger partial charge in [-0.1, -0.05) is 44.2 Å². The Bertz CT molecular complexity index is 783. The summed E-state index contributed by atoms with van der Waals surface area (Å²) in [6.07, 6.45) is 1.94. The van der Waals surface area contributed by atoms with Gasteiger partial charge in [0.25, 0.3) is 0 Å². The minimum absolute atomic E-state index is 0. The molecule has 6 nitrogen and oxygen atoms in total. The number of piperidine rings is 1. The van der Waals surface area contributed by atoms with Gasteiger partial charge in [0.15, 0.2) is 0 Å². The number of carbonyl (C=O) groups is 1. The molecule has 1 aromatic carbocycles. The molecule has 0 spiro atoms. The second-order valence-corrected chi connectivity index (χ2v) is 8.03. The molecule has 0 aliphatic carbocycles. The molecular weight excluding hydrogens is 374 g/mol. The number of hydrogen-bond donors (Lipinski definition) is 1. The molecule has 2 aromatic rings. The van der Waals surface area contributed by atoms with Gasteiger partial charge in [0, 0.05) is 32.1 Å². The number of nitrogens with one attached hydrogen (secondary N) is 1. The van der Waals surface area contributed by atoms with Crippen molar-refractivity contribution in [2.45, 2.75) is 51.6 Å². The van der Waals surface area contributed by atoms with Crippen LogP contribution in [0.4, 0.5) is 0 Å². The van der Waals surface area contributed by atoms with Gasteiger partial charge in [-0.2, -0.15) is 0 Å². The number of likely N-dealkylation sites (tertiary alicyclic amines) is 1. The van der Waals surface area contributed by atoms with Gasteiger partial charge in [-0.05, 0) is 24.3 Å². The van der Waals surface area contributed by atoms with E-state index >= 15 is 0 Å². The van der Waals surface area contributed by atoms with Gasteiger partial charge in [0.2, 0.25) is 5.91 Å². The predicted molar refractivity (Wildman–Crippen MR) is 112 cm³/mol. The van der Waals surface area contributed by atoms with Gasteiger partial charge in [0.05, 0.1) is 12.5 Å². The van der Waals surface area contributed by atoms with Crippen LogP contribution in [0.1, 0.15) is 55.7 Å². The molecule has 1 unspecified atom stereocenters. The summed E-state index contributed by atoms with van der Waals surface area (Å²) in [5.74, 6) is 3.05. The lowest BCUT2D eigenvalue weighted by Gasteiger charge is -2.35. The normalized spacial score (nSPS) is 18.5. The highest BCUT2D eigenvalue weighted by molar-refractivity contribution is 5.85. The summed E-state index contributed by atoms with van der Waals surface area (Å²) in [6.45, 7) is 8.61. The van der Waals surface area contributed by atoms with E-state index in [1.165, 1.54) is 0 Å². The second kappa shape index (κ2) is 9.05. The van der Waals surface area contributed by atoms with Crippen LogP contribution in [0.15, 0.2) is 30.3 Å². The summed E-state index contributed by atoms with van der Waals surface area (Å²) < 4.78 is 2.28. The number of carbonyl (C=O) groups excluding carboxylic acids is 1. The molecule has 1 atom stereocenters. The van der Waals surface area contributed by atoms with Gasteiger partial charge >= 0.3 is 0 Å². The third kappa shape index (κ3) is 4.08. The van der Waals surface area contributed by atoms with Crippen LogP contribution in [0.2, 0.25) is 0 Å². The second-order valence-electron chi connectivity index (χ2n) is 8.03. The lowest BCUT2D eigenvalue weighted by molar-refractivity contribution is -0.135. The van der Waals surface area contributed by atoms with Gasteiger partial charge < -0.3 is 14.8 Å². The van der Waals surface area contributed by atoms with Crippen LogP contribution >= 0.6 is 12.4 Å². The molecule has 3 heterocycles. The van der Waals surface area contributed by atoms with E-state index < -0.39 is 0 Å². The summed E-state index contributed by atoms with van der Waals surface area (Å²) in [7, 11) is 0. The van der Waals surface area contributed by atoms with Crippen LogP contribution in [0.5, 0.6) is 0 Å². The Morgan fingerprint density at radius 3 is 2.50 bits per heavy atom. The molecule has 1 aromatic heterocycles. The quantitative estimate of drug-likeness (QED) is 0.852. The Hall–Kier alpha value is -1.92. The number of nitrogens with zero attached hydrogens (tertiary/aromatic N) is 4. The highest BCUT2D eigenvalue weighted by Crippen LogP contribution is 2.32. The zero-order valence-corrected chi connectivity index (χ0v) is 17.5. The number of benzene rings is 1. The van der Waals surface area contributed by atoms with Crippen LogP contribution in [-0.2, 0) is 17.9 Å². The number of hydrogen-bond acceptors (Lipinski definition) is 4. The topological polar surface area (TPSA) is 63.1 Å². The number of amides is 1. The van der Waals surface area contributed by atoms with Crippen LogP contribution in [0.25, 0.3) is 0 Å². The Morgan fingerprint density at radius 1 is 1.11 bits per heavy atom. The molecule has 2 aliphatic heterocycles. The third-order valence-electron chi connectivity index (χ3n) is 5.91. The van der Waals surface area contributed by atoms with E-state index in [0.29, 0.717) is 5.92 Å². The third-order valence-corrected chi connectivity index (χ3v) is 5.91. The Morgan fingerprint density at radius 2 is 1.82 bits per heavy atom. The van der Waals surface area contributed by atoms with Crippen molar-refractivity contribution >= 4 is 18.3 Å². The maximum absolute atomic E-state index is 13.3. The van der Waals surface area contributed by atoms with Crippen molar-refractivity contribution in [2.75, 3.05) is 19.6 Å². The van der Waals surface area contributed by atoms with E-state index in [1.54, 1.807) is 0 Å². The maximum Gasteiger partial charge on any atom is 0.230 e. The first-order valence-corrected chi connectivity index (χ1v) is 10.1. The van der Waals surface area contributed by atoms with E-state index in [4.69, 9.17) is 0 Å². The van der Waals surface area contributed by atoms with E-state index in [2.05, 4.69) is 51.0 Å². The number of rotatable bonds is 4. The molecule has 1 amide bonds. The molecule has 0 bridgehead atoms. The van der Waals surface area contributed by atoms with Crippen LogP contribution in [-0.4, -0.2) is 45.2 Å². The molecule has 1 N–H and O–H groups in total. The van der Waals surface area contributed by atoms with Crippen LogP contribution in [0.3, 0.4) is 0 Å². The van der Waals surface area contributed by atoms with Gasteiger partial charge in [-0.25, -0.2) is 0 Å². The van der Waals surface area contributed by atoms with Crippen molar-refractivity contribution in [1.82, 2.24) is 25.0 Å². The molecule has 1 fully saturated rings. The number of halogens is 1. The SMILES string of the molecule is CC(C)C(C(=O)N1CCC(c2nnc3n2CCNC3)CC1)c1ccccc1.Cl. The number of fused-ring (bicyclic) bond motifs is 1. The Balaban J connectivity index is 0.00000225. The van der Waals surface area contributed by atoms with Crippen molar-refractivity contribution in [2.24, 2.45) is 5.92 Å². The molecule has 4 rings (SSSR count). The predicted octanol–water partition coefficient (Wildman–Crippen LogP) is 2.95. The molecule has 28 heavy (non-hydrogen) atoms. The molecule has 2 aliphatic rings. The van der Waals surface area contributed by atoms with Crippen LogP contribution < -0.4 is 5.32 Å². The average Bonchev–Trinajstić information content (AvgIpc) is 3.13. The zero-order valence-electron chi connectivity index (χ0n) is 16.7. The largest absolute Gasteiger partial charge is 0.342 e. The first-order chi connectivity index (χ1) is 13.1. The Kier molecular flexibility index (Phi) is 6.73. The zero-order chi connectivity index (χ0) is 18.8. The fourth-order valence-electron chi connectivity index (χ4n) is 4.44. The Labute approximate surface area is 173 Å². The number of aromatic nitrogens is 3. The monoisotopic (exact) mass is 403 g/mol. The molecule has 0 radical (unpaired) electrons. The van der Waals surface area contributed by atoms with Gasteiger partial charge in [0.1, 0.15) is 11.6 Å². The lowest BCUT2D eigenvalue weighted by Crippen LogP contribution is -2.42. The lowest BCUT2D eigenvalue weighted by atomic mass is 9.86. The molecule has 7 heteroatoms. The molecular formula is C21H30ClN5O. The van der Waals surface area contributed by atoms with Crippen molar-refractivity contribution in [1.29, 1.82) is 0 Å². The van der Waals surface area contributed by atoms with Crippen molar-refractivity contribution in [3.63, 3.8) is 0 Å². The summed E-state index contributed by atoms with van der Waals surface area (Å²) in [5, 5.41) is 12.2. The van der Waals surface area contributed by atoms with Gasteiger partial charge in [-0.3, -0.25) is 4.79 Å². The molecule has 1 saturated heterocycles. The first kappa shape index (κ1) is 20.8. The van der Waals surface area contributed by atoms with Crippen LogP contribution in [0, 0.1) is 5.92 Å². The van der Waals surface area contributed by atoms with Crippen molar-refractivity contribution in [3.05, 3.63) is 47.5 Å². The summed E-state index contributed by atoms with van der Waals surface area (Å²) in [4.78, 5) is 15.3. The highest BCUT2D eigenvalue weighted by atomic mass is 35.5. The highest BCUT2D eigenvalue weighted by Gasteiger charge is 2.33. The van der Waals surface area contributed by atoms with Crippen molar-refractivity contribution < 1.29 is 4.79 Å². The molecule has 0 saturated carbocycles. The summed E-state index contributed by atoms with van der Waals surface area (Å²) in [5.41, 5.74) is 1.12. The minimum atomic E-state index is -0.0605. The van der Waals surface area contributed by atoms with E-state index in [0.717, 1.165) is 62.8 Å². The van der Waals surface area contributed by atoms with Gasteiger partial charge in [-0.15, -0.1) is 22.6 Å². The van der Waals surface area contributed by atoms with E-state index in [-0.39, 0.29) is 30.2 Å². The summed E-state index contributed by atoms with van der Waals surface area (Å²) >= 11 is 0. The summed E-state index contributed by atoms with van der Waals surface area (Å²) in [6, 6.07) is 10.2. The van der Waals surface area contributed by atoms with Crippen molar-refractivity contribution in [3.8, 4) is 0 Å². The minimum Gasteiger partial charge on any atom is -0.342 e. The molecule has 152 valence electrons. The van der Waals surface area contributed by atoms with E-state index in [1.807, 2.05) is 18.2 Å². The van der Waals surface area contributed by atoms with E-state index in [9.17, 15) is 4.79 Å². The standard InChI is InChI=1S/C21H29N5O.ClH/c1-15(2)19(16-6-4-3-5-7-16)21(27)25-11-8-17(9-12-25)20-24-23-18-14-22-10-13-26(18)20;/h3-7,15,17,19,22H,8-14H2,1-2H3;1H. The fourth-order valence-corrected chi connectivity index (χ4v) is 4.44. The maximum atomic E-state index is 13.3.